The third kappa shape index (κ3) is 5.35. The van der Waals surface area contributed by atoms with Crippen LogP contribution in [0.25, 0.3) is 0 Å². The second-order valence-electron chi connectivity index (χ2n) is 5.13. The fourth-order valence-corrected chi connectivity index (χ4v) is 1.93. The van der Waals surface area contributed by atoms with Gasteiger partial charge in [0, 0.05) is 13.1 Å². The average molecular weight is 284 g/mol. The van der Waals surface area contributed by atoms with Crippen LogP contribution in [0.3, 0.4) is 0 Å². The van der Waals surface area contributed by atoms with Crippen LogP contribution in [0.15, 0.2) is 18.2 Å². The number of Topliss-reactive ketones (excluding diaryl/α,β-unsaturated/α-hetero) is 1. The van der Waals surface area contributed by atoms with Gasteiger partial charge >= 0.3 is 0 Å². The Morgan fingerprint density at radius 1 is 1.15 bits per heavy atom. The van der Waals surface area contributed by atoms with Crippen LogP contribution in [-0.2, 0) is 0 Å². The van der Waals surface area contributed by atoms with E-state index in [1.165, 1.54) is 0 Å². The number of carbonyl (C=O) groups is 1. The molecule has 0 saturated carbocycles. The Kier molecular flexibility index (Phi) is 6.75. The molecule has 1 rings (SSSR count). The third-order valence-electron chi connectivity index (χ3n) is 3.00. The monoisotopic (exact) mass is 284 g/mol. The Morgan fingerprint density at radius 3 is 2.45 bits per heavy atom. The number of nitrogens with zero attached hydrogens (tertiary/aromatic N) is 2. The van der Waals surface area contributed by atoms with Crippen molar-refractivity contribution in [3.8, 4) is 0 Å². The molecule has 0 aliphatic heterocycles. The highest BCUT2D eigenvalue weighted by atomic mass is 19.1. The summed E-state index contributed by atoms with van der Waals surface area (Å²) in [4.78, 5) is 16.1. The molecule has 0 N–H and O–H groups in total. The van der Waals surface area contributed by atoms with Gasteiger partial charge in [0.05, 0.1) is 12.1 Å². The van der Waals surface area contributed by atoms with Crippen molar-refractivity contribution in [2.75, 3.05) is 40.3 Å². The van der Waals surface area contributed by atoms with E-state index in [0.717, 1.165) is 44.3 Å². The van der Waals surface area contributed by atoms with Gasteiger partial charge in [-0.15, -0.1) is 0 Å². The minimum absolute atomic E-state index is 0.113. The number of benzene rings is 1. The Balaban J connectivity index is 2.71. The number of ketones is 1. The zero-order valence-corrected chi connectivity index (χ0v) is 12.3. The molecule has 0 heterocycles. The van der Waals surface area contributed by atoms with Gasteiger partial charge < -0.3 is 4.90 Å². The van der Waals surface area contributed by atoms with E-state index in [9.17, 15) is 13.6 Å². The smallest absolute Gasteiger partial charge is 0.179 e. The first-order valence-electron chi connectivity index (χ1n) is 6.79. The van der Waals surface area contributed by atoms with Crippen LogP contribution < -0.4 is 0 Å². The fraction of sp³-hybridized carbons (Fsp3) is 0.533. The Labute approximate surface area is 119 Å². The van der Waals surface area contributed by atoms with Crippen molar-refractivity contribution in [3.63, 3.8) is 0 Å². The van der Waals surface area contributed by atoms with E-state index in [0.29, 0.717) is 0 Å². The molecule has 112 valence electrons. The molecule has 0 amide bonds. The third-order valence-corrected chi connectivity index (χ3v) is 3.00. The lowest BCUT2D eigenvalue weighted by Gasteiger charge is -2.22. The molecule has 0 atom stereocenters. The summed E-state index contributed by atoms with van der Waals surface area (Å²) in [6.45, 7) is 4.44. The van der Waals surface area contributed by atoms with Crippen molar-refractivity contribution in [1.29, 1.82) is 0 Å². The van der Waals surface area contributed by atoms with Gasteiger partial charge in [0.15, 0.2) is 5.78 Å². The predicted molar refractivity (Wildman–Crippen MR) is 76.0 cm³/mol. The topological polar surface area (TPSA) is 23.6 Å². The van der Waals surface area contributed by atoms with Gasteiger partial charge in [0.25, 0.3) is 0 Å². The molecule has 0 aliphatic carbocycles. The zero-order valence-electron chi connectivity index (χ0n) is 12.3. The van der Waals surface area contributed by atoms with E-state index in [1.54, 1.807) is 0 Å². The SMILES string of the molecule is CCCN(CCN(C)C)CC(=O)c1cc(F)ccc1F. The van der Waals surface area contributed by atoms with Crippen molar-refractivity contribution in [1.82, 2.24) is 9.80 Å². The number of carbonyl (C=O) groups excluding carboxylic acids is 1. The number of hydrogen-bond acceptors (Lipinski definition) is 3. The maximum absolute atomic E-state index is 13.6. The van der Waals surface area contributed by atoms with Gasteiger partial charge in [-0.3, -0.25) is 9.69 Å². The van der Waals surface area contributed by atoms with Crippen molar-refractivity contribution < 1.29 is 13.6 Å². The highest BCUT2D eigenvalue weighted by molar-refractivity contribution is 5.97. The molecule has 0 bridgehead atoms. The number of rotatable bonds is 8. The maximum atomic E-state index is 13.6. The fourth-order valence-electron chi connectivity index (χ4n) is 1.93. The first-order chi connectivity index (χ1) is 9.43. The second kappa shape index (κ2) is 8.07. The largest absolute Gasteiger partial charge is 0.308 e. The number of likely N-dealkylation sites (N-methyl/N-ethyl adjacent to an activating group) is 1. The van der Waals surface area contributed by atoms with Crippen molar-refractivity contribution in [2.24, 2.45) is 0 Å². The minimum Gasteiger partial charge on any atom is -0.308 e. The average Bonchev–Trinajstić information content (AvgIpc) is 2.38. The lowest BCUT2D eigenvalue weighted by Crippen LogP contribution is -2.36. The summed E-state index contributed by atoms with van der Waals surface area (Å²) in [5, 5.41) is 0. The standard InChI is InChI=1S/C15H22F2N2O/c1-4-7-19(9-8-18(2)3)11-15(20)13-10-12(16)5-6-14(13)17/h5-6,10H,4,7-9,11H2,1-3H3. The van der Waals surface area contributed by atoms with Gasteiger partial charge in [0.1, 0.15) is 11.6 Å². The van der Waals surface area contributed by atoms with Gasteiger partial charge in [0.2, 0.25) is 0 Å². The van der Waals surface area contributed by atoms with Crippen LogP contribution in [0.2, 0.25) is 0 Å². The summed E-state index contributed by atoms with van der Waals surface area (Å²) in [5.41, 5.74) is -0.170. The van der Waals surface area contributed by atoms with Crippen LogP contribution in [0.4, 0.5) is 8.78 Å². The first-order valence-corrected chi connectivity index (χ1v) is 6.79. The molecule has 0 radical (unpaired) electrons. The normalized spacial score (nSPS) is 11.3. The molecule has 0 aliphatic rings. The van der Waals surface area contributed by atoms with Crippen LogP contribution in [0.5, 0.6) is 0 Å². The predicted octanol–water partition coefficient (Wildman–Crippen LogP) is 2.42. The molecule has 1 aromatic rings. The molecule has 0 fully saturated rings. The first kappa shape index (κ1) is 16.7. The van der Waals surface area contributed by atoms with Crippen LogP contribution in [0, 0.1) is 11.6 Å². The number of hydrogen-bond donors (Lipinski definition) is 0. The summed E-state index contributed by atoms with van der Waals surface area (Å²) < 4.78 is 26.7. The molecule has 5 heteroatoms. The van der Waals surface area contributed by atoms with Gasteiger partial charge in [-0.1, -0.05) is 6.92 Å². The van der Waals surface area contributed by atoms with Gasteiger partial charge in [-0.25, -0.2) is 8.78 Å². The van der Waals surface area contributed by atoms with Crippen molar-refractivity contribution in [3.05, 3.63) is 35.4 Å². The van der Waals surface area contributed by atoms with E-state index >= 15 is 0 Å². The van der Waals surface area contributed by atoms with Crippen LogP contribution in [0.1, 0.15) is 23.7 Å². The molecule has 0 saturated heterocycles. The van der Waals surface area contributed by atoms with E-state index < -0.39 is 11.6 Å². The highest BCUT2D eigenvalue weighted by Crippen LogP contribution is 2.11. The van der Waals surface area contributed by atoms with E-state index in [2.05, 4.69) is 0 Å². The Bertz CT molecular complexity index is 449. The summed E-state index contributed by atoms with van der Waals surface area (Å²) in [6, 6.07) is 2.97. The highest BCUT2D eigenvalue weighted by Gasteiger charge is 2.16. The Morgan fingerprint density at radius 2 is 1.85 bits per heavy atom. The summed E-state index contributed by atoms with van der Waals surface area (Å²) >= 11 is 0. The molecule has 20 heavy (non-hydrogen) atoms. The van der Waals surface area contributed by atoms with E-state index in [1.807, 2.05) is 30.8 Å². The van der Waals surface area contributed by atoms with Gasteiger partial charge in [-0.05, 0) is 45.3 Å². The summed E-state index contributed by atoms with van der Waals surface area (Å²) in [6.07, 6.45) is 0.909. The molecular formula is C15H22F2N2O. The quantitative estimate of drug-likeness (QED) is 0.685. The van der Waals surface area contributed by atoms with E-state index in [4.69, 9.17) is 0 Å². The molecule has 1 aromatic carbocycles. The van der Waals surface area contributed by atoms with E-state index in [-0.39, 0.29) is 17.9 Å². The minimum atomic E-state index is -0.666. The molecular weight excluding hydrogens is 262 g/mol. The van der Waals surface area contributed by atoms with Crippen LogP contribution >= 0.6 is 0 Å². The van der Waals surface area contributed by atoms with Crippen molar-refractivity contribution >= 4 is 5.78 Å². The molecule has 3 nitrogen and oxygen atoms in total. The summed E-state index contributed by atoms with van der Waals surface area (Å²) in [7, 11) is 3.91. The summed E-state index contributed by atoms with van der Waals surface area (Å²) in [5.74, 6) is -1.64. The molecule has 0 unspecified atom stereocenters. The maximum Gasteiger partial charge on any atom is 0.179 e. The zero-order chi connectivity index (χ0) is 15.1. The van der Waals surface area contributed by atoms with Crippen molar-refractivity contribution in [2.45, 2.75) is 13.3 Å². The molecule has 0 spiro atoms. The second-order valence-corrected chi connectivity index (χ2v) is 5.13. The van der Waals surface area contributed by atoms with Gasteiger partial charge in [-0.2, -0.15) is 0 Å². The molecule has 0 aromatic heterocycles. The lowest BCUT2D eigenvalue weighted by molar-refractivity contribution is 0.0920. The van der Waals surface area contributed by atoms with Crippen LogP contribution in [-0.4, -0.2) is 55.9 Å². The Hall–Kier alpha value is -1.33. The lowest BCUT2D eigenvalue weighted by atomic mass is 10.1. The number of halogens is 2.